The summed E-state index contributed by atoms with van der Waals surface area (Å²) >= 11 is 0. The van der Waals surface area contributed by atoms with Gasteiger partial charge in [0.25, 0.3) is 8.32 Å². The quantitative estimate of drug-likeness (QED) is 0.379. The number of ether oxygens (including phenoxy) is 1. The highest BCUT2D eigenvalue weighted by molar-refractivity contribution is 6.99. The van der Waals surface area contributed by atoms with Crippen molar-refractivity contribution in [1.82, 2.24) is 0 Å². The molecular formula is C24H32O3Si. The maximum atomic E-state index is 11.6. The van der Waals surface area contributed by atoms with Crippen LogP contribution in [0, 0.1) is 5.92 Å². The van der Waals surface area contributed by atoms with Crippen LogP contribution >= 0.6 is 0 Å². The van der Waals surface area contributed by atoms with Crippen LogP contribution in [-0.4, -0.2) is 27.5 Å². The van der Waals surface area contributed by atoms with E-state index in [0.717, 1.165) is 0 Å². The lowest BCUT2D eigenvalue weighted by Gasteiger charge is -2.43. The van der Waals surface area contributed by atoms with Crippen LogP contribution < -0.4 is 10.4 Å². The molecule has 0 N–H and O–H groups in total. The Morgan fingerprint density at radius 1 is 1.00 bits per heavy atom. The molecule has 1 atom stereocenters. The van der Waals surface area contributed by atoms with E-state index in [1.54, 1.807) is 6.92 Å². The molecule has 0 fully saturated rings. The van der Waals surface area contributed by atoms with E-state index in [1.807, 2.05) is 18.2 Å². The van der Waals surface area contributed by atoms with E-state index in [-0.39, 0.29) is 16.9 Å². The third kappa shape index (κ3) is 5.21. The Labute approximate surface area is 170 Å². The van der Waals surface area contributed by atoms with Gasteiger partial charge in [-0.05, 0) is 28.3 Å². The van der Waals surface area contributed by atoms with Crippen molar-refractivity contribution >= 4 is 24.7 Å². The fourth-order valence-electron chi connectivity index (χ4n) is 3.51. The minimum absolute atomic E-state index is 0.0553. The highest BCUT2D eigenvalue weighted by Gasteiger charge is 2.50. The molecule has 2 aromatic carbocycles. The maximum Gasteiger partial charge on any atom is 0.330 e. The van der Waals surface area contributed by atoms with Gasteiger partial charge in [-0.2, -0.15) is 0 Å². The van der Waals surface area contributed by atoms with Gasteiger partial charge in [0.1, 0.15) is 0 Å². The average Bonchev–Trinajstić information content (AvgIpc) is 2.68. The van der Waals surface area contributed by atoms with Gasteiger partial charge in [0.2, 0.25) is 0 Å². The van der Waals surface area contributed by atoms with Gasteiger partial charge in [0, 0.05) is 12.7 Å². The molecule has 2 rings (SSSR count). The molecular weight excluding hydrogens is 364 g/mol. The summed E-state index contributed by atoms with van der Waals surface area (Å²) in [5.41, 5.74) is 0. The van der Waals surface area contributed by atoms with E-state index in [2.05, 4.69) is 76.2 Å². The van der Waals surface area contributed by atoms with Gasteiger partial charge in [-0.15, -0.1) is 0 Å². The molecule has 0 aliphatic carbocycles. The molecule has 0 saturated carbocycles. The summed E-state index contributed by atoms with van der Waals surface area (Å²) in [5, 5.41) is 2.46. The van der Waals surface area contributed by atoms with Gasteiger partial charge >= 0.3 is 5.97 Å². The van der Waals surface area contributed by atoms with Gasteiger partial charge in [0.15, 0.2) is 0 Å². The monoisotopic (exact) mass is 396 g/mol. The Morgan fingerprint density at radius 2 is 1.50 bits per heavy atom. The molecule has 28 heavy (non-hydrogen) atoms. The minimum atomic E-state index is -2.53. The summed E-state index contributed by atoms with van der Waals surface area (Å²) in [4.78, 5) is 11.6. The number of hydrogen-bond acceptors (Lipinski definition) is 3. The van der Waals surface area contributed by atoms with Gasteiger partial charge in [-0.25, -0.2) is 4.79 Å². The van der Waals surface area contributed by atoms with Crippen molar-refractivity contribution in [2.75, 3.05) is 13.2 Å². The van der Waals surface area contributed by atoms with Crippen LogP contribution in [0.5, 0.6) is 0 Å². The van der Waals surface area contributed by atoms with Crippen molar-refractivity contribution in [3.63, 3.8) is 0 Å². The third-order valence-corrected chi connectivity index (χ3v) is 9.83. The zero-order valence-corrected chi connectivity index (χ0v) is 18.6. The second kappa shape index (κ2) is 9.85. The van der Waals surface area contributed by atoms with Crippen LogP contribution in [0.2, 0.25) is 5.04 Å². The van der Waals surface area contributed by atoms with Crippen LogP contribution in [0.25, 0.3) is 0 Å². The Morgan fingerprint density at radius 3 is 1.93 bits per heavy atom. The molecule has 2 aromatic rings. The van der Waals surface area contributed by atoms with Crippen LogP contribution in [-0.2, 0) is 14.0 Å². The molecule has 0 aliphatic heterocycles. The highest BCUT2D eigenvalue weighted by Crippen LogP contribution is 2.37. The molecule has 0 heterocycles. The first-order valence-corrected chi connectivity index (χ1v) is 11.8. The summed E-state index contributed by atoms with van der Waals surface area (Å²) in [6, 6.07) is 21.2. The Hall–Kier alpha value is -2.17. The van der Waals surface area contributed by atoms with Crippen molar-refractivity contribution in [2.24, 2.45) is 5.92 Å². The average molecular weight is 397 g/mol. The Bertz CT molecular complexity index is 724. The lowest BCUT2D eigenvalue weighted by atomic mass is 10.2. The molecule has 3 nitrogen and oxygen atoms in total. The van der Waals surface area contributed by atoms with Crippen LogP contribution in [0.1, 0.15) is 34.6 Å². The van der Waals surface area contributed by atoms with Gasteiger partial charge in [-0.1, -0.05) is 94.4 Å². The zero-order chi connectivity index (χ0) is 20.6. The van der Waals surface area contributed by atoms with Crippen molar-refractivity contribution in [1.29, 1.82) is 0 Å². The summed E-state index contributed by atoms with van der Waals surface area (Å²) < 4.78 is 11.8. The van der Waals surface area contributed by atoms with E-state index < -0.39 is 8.32 Å². The molecule has 0 bridgehead atoms. The molecule has 0 saturated heterocycles. The smallest absolute Gasteiger partial charge is 0.330 e. The molecule has 0 unspecified atom stereocenters. The Kier molecular flexibility index (Phi) is 7.78. The molecule has 0 spiro atoms. The SMILES string of the molecule is CCOC(=O)C=C[C@H](C)CO[Si](c1ccccc1)(c1ccccc1)C(C)(C)C. The summed E-state index contributed by atoms with van der Waals surface area (Å²) in [7, 11) is -2.53. The topological polar surface area (TPSA) is 35.5 Å². The molecule has 0 amide bonds. The predicted molar refractivity (Wildman–Crippen MR) is 119 cm³/mol. The van der Waals surface area contributed by atoms with Gasteiger partial charge in [0.05, 0.1) is 6.61 Å². The van der Waals surface area contributed by atoms with Crippen molar-refractivity contribution in [3.8, 4) is 0 Å². The van der Waals surface area contributed by atoms with Crippen LogP contribution in [0.3, 0.4) is 0 Å². The largest absolute Gasteiger partial charge is 0.463 e. The van der Waals surface area contributed by atoms with E-state index >= 15 is 0 Å². The number of rotatable bonds is 8. The number of esters is 1. The lowest BCUT2D eigenvalue weighted by Crippen LogP contribution is -2.66. The van der Waals surface area contributed by atoms with Crippen LogP contribution in [0.15, 0.2) is 72.8 Å². The lowest BCUT2D eigenvalue weighted by molar-refractivity contribution is -0.137. The fraction of sp³-hybridized carbons (Fsp3) is 0.375. The van der Waals surface area contributed by atoms with E-state index in [1.165, 1.54) is 16.4 Å². The van der Waals surface area contributed by atoms with E-state index in [4.69, 9.17) is 9.16 Å². The third-order valence-electron chi connectivity index (χ3n) is 4.83. The first-order valence-electron chi connectivity index (χ1n) is 9.91. The minimum Gasteiger partial charge on any atom is -0.463 e. The summed E-state index contributed by atoms with van der Waals surface area (Å²) in [5.74, 6) is -0.203. The number of benzene rings is 2. The molecule has 0 aromatic heterocycles. The number of hydrogen-bond donors (Lipinski definition) is 0. The summed E-state index contributed by atoms with van der Waals surface area (Å²) in [6.07, 6.45) is 3.37. The molecule has 0 aliphatic rings. The second-order valence-electron chi connectivity index (χ2n) is 8.06. The molecule has 4 heteroatoms. The number of carbonyl (C=O) groups excluding carboxylic acids is 1. The van der Waals surface area contributed by atoms with Crippen LogP contribution in [0.4, 0.5) is 0 Å². The maximum absolute atomic E-state index is 11.6. The van der Waals surface area contributed by atoms with E-state index in [9.17, 15) is 4.79 Å². The first kappa shape index (κ1) is 22.1. The standard InChI is InChI=1S/C24H32O3Si/c1-6-26-23(25)18-17-20(2)19-27-28(24(3,4)5,21-13-9-7-10-14-21)22-15-11-8-12-16-22/h7-18,20H,6,19H2,1-5H3/t20-/m0/s1. The zero-order valence-electron chi connectivity index (χ0n) is 17.6. The van der Waals surface area contributed by atoms with Crippen molar-refractivity contribution in [2.45, 2.75) is 39.7 Å². The fourth-order valence-corrected chi connectivity index (χ4v) is 8.18. The van der Waals surface area contributed by atoms with E-state index in [0.29, 0.717) is 13.2 Å². The normalized spacial score (nSPS) is 13.5. The first-order chi connectivity index (χ1) is 13.3. The summed E-state index contributed by atoms with van der Waals surface area (Å²) in [6.45, 7) is 11.6. The number of carbonyl (C=O) groups is 1. The molecule has 150 valence electrons. The predicted octanol–water partition coefficient (Wildman–Crippen LogP) is 4.32. The van der Waals surface area contributed by atoms with Crippen molar-refractivity contribution in [3.05, 3.63) is 72.8 Å². The van der Waals surface area contributed by atoms with Gasteiger partial charge < -0.3 is 9.16 Å². The molecule has 0 radical (unpaired) electrons. The highest BCUT2D eigenvalue weighted by atomic mass is 28.4. The van der Waals surface area contributed by atoms with Gasteiger partial charge in [-0.3, -0.25) is 0 Å². The second-order valence-corrected chi connectivity index (χ2v) is 12.4. The van der Waals surface area contributed by atoms with Crippen molar-refractivity contribution < 1.29 is 14.0 Å². The Balaban J connectivity index is 2.38.